The summed E-state index contributed by atoms with van der Waals surface area (Å²) in [4.78, 5) is 0. The molecular weight excluding hydrogens is 1230 g/mol. The van der Waals surface area contributed by atoms with Crippen molar-refractivity contribution in [3.63, 3.8) is 0 Å². The Hall–Kier alpha value is -1.40. The van der Waals surface area contributed by atoms with Gasteiger partial charge in [-0.15, -0.1) is 0 Å². The van der Waals surface area contributed by atoms with Crippen molar-refractivity contribution in [1.82, 2.24) is 0 Å². The zero-order valence-corrected chi connectivity index (χ0v) is 53.7. The van der Waals surface area contributed by atoms with Crippen LogP contribution in [0.1, 0.15) is 0 Å². The van der Waals surface area contributed by atoms with Gasteiger partial charge in [-0.2, -0.15) is 0 Å². The van der Waals surface area contributed by atoms with Gasteiger partial charge in [-0.1, -0.05) is 0 Å². The zero-order valence-electron chi connectivity index (χ0n) is 53.7. The van der Waals surface area contributed by atoms with Crippen LogP contribution in [0.2, 0.25) is 0 Å². The zero-order chi connectivity index (χ0) is 66.0. The van der Waals surface area contributed by atoms with Crippen molar-refractivity contribution in [3.8, 4) is 0 Å². The average Bonchev–Trinajstić information content (AvgIpc) is 0.810. The number of rotatable bonds is 21. The molecule has 0 aliphatic carbocycles. The minimum atomic E-state index is -1.62. The molecule has 0 saturated carbocycles. The molecule has 0 radical (unpaired) electrons. The summed E-state index contributed by atoms with van der Waals surface area (Å²) >= 11 is 0. The van der Waals surface area contributed by atoms with Crippen molar-refractivity contribution < 1.29 is 168 Å². The molecule has 21 aliphatic rings. The molecule has 21 heterocycles. The number of ether oxygens (including phenoxy) is 28. The fraction of sp³-hybridized carbons (Fsp3) is 1.00. The molecule has 21 fully saturated rings. The maximum atomic E-state index is 12.3. The van der Waals surface area contributed by atoms with Gasteiger partial charge < -0.3 is 168 Å². The Bertz CT molecular complexity index is 1680. The SMILES string of the molecule is COC[C@@H]1O[C@@H]2O[C@H]3[C@H](O)[C@@H](OC)[C@@H](O[C@H]4[C@@H](O)[C@@H](OC)[C@@H](O[C@H]5[C@H](O)[C@@H](OC)[C@@H](O[C@H]6[C@H](O)[C@@H](OC)[C@@H](O[C@H]7[C@H](O)[C@@H](OC)[C@@H](O[C@H]8[C@H](O)[C@@H](OC)[C@@H](O[C@H]1[C@H](O)[C@H]2OC)O[C@H]8COC)O[C@H]7COC)O[C@@H]6COC)O[C@@H]5COC)O[C@@H]4COC)O[C@H]3COC. The number of hydrogen-bond donors (Lipinski definition) is 7. The van der Waals surface area contributed by atoms with E-state index in [-0.39, 0.29) is 46.2 Å². The molecule has 7 N–H and O–H groups in total. The van der Waals surface area contributed by atoms with E-state index in [9.17, 15) is 35.7 Å². The smallest absolute Gasteiger partial charge is 0.187 e. The molecule has 35 atom stereocenters. The normalized spacial score (nSPS) is 48.7. The van der Waals surface area contributed by atoms with Crippen molar-refractivity contribution >= 4 is 0 Å². The Morgan fingerprint density at radius 2 is 0.297 bits per heavy atom. The van der Waals surface area contributed by atoms with E-state index >= 15 is 0 Å². The summed E-state index contributed by atoms with van der Waals surface area (Å²) in [7, 11) is 18.7. The van der Waals surface area contributed by atoms with E-state index in [1.807, 2.05) is 0 Å². The lowest BCUT2D eigenvalue weighted by atomic mass is 9.95. The molecule has 532 valence electrons. The molecule has 91 heavy (non-hydrogen) atoms. The van der Waals surface area contributed by atoms with E-state index in [1.54, 1.807) is 0 Å². The molecule has 21 aliphatic heterocycles. The third-order valence-corrected chi connectivity index (χ3v) is 17.6. The topological polar surface area (TPSA) is 400 Å². The quantitative estimate of drug-likeness (QED) is 0.0562. The minimum Gasteiger partial charge on any atom is -0.387 e. The average molecular weight is 1330 g/mol. The monoisotopic (exact) mass is 1330 g/mol. The summed E-state index contributed by atoms with van der Waals surface area (Å²) in [5, 5.41) is 86.2. The first kappa shape index (κ1) is 75.4. The fourth-order valence-electron chi connectivity index (χ4n) is 13.1. The van der Waals surface area contributed by atoms with Gasteiger partial charge in [0.05, 0.1) is 46.2 Å². The van der Waals surface area contributed by atoms with Crippen LogP contribution in [0.25, 0.3) is 0 Å². The van der Waals surface area contributed by atoms with E-state index in [4.69, 9.17) is 133 Å². The molecule has 0 aromatic carbocycles. The number of aliphatic hydroxyl groups excluding tert-OH is 7. The van der Waals surface area contributed by atoms with Gasteiger partial charge in [0.2, 0.25) is 0 Å². The molecule has 0 unspecified atom stereocenters. The number of hydrogen-bond acceptors (Lipinski definition) is 35. The Balaban J connectivity index is 1.17. The highest BCUT2D eigenvalue weighted by Crippen LogP contribution is 2.41. The molecule has 0 aromatic rings. The summed E-state index contributed by atoms with van der Waals surface area (Å²) in [6.45, 7) is -1.59. The number of methoxy groups -OCH3 is 14. The van der Waals surface area contributed by atoms with Gasteiger partial charge in [0.15, 0.2) is 44.0 Å². The highest BCUT2D eigenvalue weighted by Gasteiger charge is 2.61. The van der Waals surface area contributed by atoms with Gasteiger partial charge >= 0.3 is 0 Å². The van der Waals surface area contributed by atoms with Gasteiger partial charge in [0.1, 0.15) is 171 Å². The fourth-order valence-corrected chi connectivity index (χ4v) is 13.1. The van der Waals surface area contributed by atoms with Gasteiger partial charge in [0.25, 0.3) is 0 Å². The molecule has 21 saturated heterocycles. The standard InChI is InChI=1S/C56H98O35/c1-64-15-22-36-29(57)43(71-8)50(78-22)86-37-23(16-65-2)80-52(45(73-10)30(37)58)88-39-25(18-67-4)82-54(47(75-12)32(39)60)90-41-27(20-69-6)84-56(49(77-14)34(41)62)91-42-28(21-70-7)83-55(48(76-13)35(42)63)89-40-26(19-68-5)81-53(46(74-11)33(40)61)87-38-24(17-66-3)79-51(85-36)44(72-9)31(38)59/h22-63H,15-21H2,1-14H3/t22-,23-,24-,25-,26+,27+,28+,29-,30-,31-,32-,33-,34+,35-,36+,37+,38+,39+,40+,41+,42+,43+,44+,45+,46+,47+,48+,49+,50+,51+,52+,53+,54+,55+,56+/m0/s1. The second-order valence-electron chi connectivity index (χ2n) is 23.0. The maximum Gasteiger partial charge on any atom is 0.187 e. The van der Waals surface area contributed by atoms with Crippen molar-refractivity contribution in [1.29, 1.82) is 0 Å². The summed E-state index contributed by atoms with van der Waals surface area (Å²) in [6.07, 6.45) is -49.4. The molecule has 14 bridgehead atoms. The lowest BCUT2D eigenvalue weighted by Crippen LogP contribution is -2.69. The Labute approximate surface area is 528 Å². The van der Waals surface area contributed by atoms with E-state index in [0.29, 0.717) is 0 Å². The van der Waals surface area contributed by atoms with Crippen molar-refractivity contribution in [2.75, 3.05) is 146 Å². The molecular formula is C56H98O35. The Kier molecular flexibility index (Phi) is 29.3. The van der Waals surface area contributed by atoms with Gasteiger partial charge in [0, 0.05) is 99.5 Å². The van der Waals surface area contributed by atoms with Crippen molar-refractivity contribution in [3.05, 3.63) is 0 Å². The first-order valence-corrected chi connectivity index (χ1v) is 30.0. The third kappa shape index (κ3) is 16.3. The predicted octanol–water partition coefficient (Wildman–Crippen LogP) is -6.07. The van der Waals surface area contributed by atoms with Crippen LogP contribution in [0.15, 0.2) is 0 Å². The van der Waals surface area contributed by atoms with Gasteiger partial charge in [-0.25, -0.2) is 0 Å². The van der Waals surface area contributed by atoms with Gasteiger partial charge in [-0.05, 0) is 0 Å². The number of aliphatic hydroxyl groups is 7. The molecule has 35 heteroatoms. The predicted molar refractivity (Wildman–Crippen MR) is 295 cm³/mol. The van der Waals surface area contributed by atoms with Crippen LogP contribution >= 0.6 is 0 Å². The molecule has 0 spiro atoms. The molecule has 35 nitrogen and oxygen atoms in total. The highest BCUT2D eigenvalue weighted by molar-refractivity contribution is 5.03. The van der Waals surface area contributed by atoms with Crippen LogP contribution < -0.4 is 0 Å². The molecule has 21 rings (SSSR count). The van der Waals surface area contributed by atoms with E-state index < -0.39 is 215 Å². The Morgan fingerprint density at radius 3 is 0.385 bits per heavy atom. The van der Waals surface area contributed by atoms with Crippen molar-refractivity contribution in [2.24, 2.45) is 0 Å². The maximum absolute atomic E-state index is 12.3. The largest absolute Gasteiger partial charge is 0.387 e. The summed E-state index contributed by atoms with van der Waals surface area (Å²) in [5.74, 6) is 0. The lowest BCUT2D eigenvalue weighted by Gasteiger charge is -2.51. The third-order valence-electron chi connectivity index (χ3n) is 17.6. The second-order valence-corrected chi connectivity index (χ2v) is 23.0. The van der Waals surface area contributed by atoms with E-state index in [2.05, 4.69) is 0 Å². The van der Waals surface area contributed by atoms with Crippen LogP contribution in [0, 0.1) is 0 Å². The van der Waals surface area contributed by atoms with Crippen molar-refractivity contribution in [2.45, 2.75) is 215 Å². The highest BCUT2D eigenvalue weighted by atomic mass is 16.8. The first-order valence-electron chi connectivity index (χ1n) is 30.0. The van der Waals surface area contributed by atoms with Gasteiger partial charge in [-0.3, -0.25) is 0 Å². The second kappa shape index (κ2) is 35.4. The van der Waals surface area contributed by atoms with Crippen LogP contribution in [0.5, 0.6) is 0 Å². The van der Waals surface area contributed by atoms with Crippen LogP contribution in [0.4, 0.5) is 0 Å². The summed E-state index contributed by atoms with van der Waals surface area (Å²) < 4.78 is 171. The Morgan fingerprint density at radius 1 is 0.187 bits per heavy atom. The summed E-state index contributed by atoms with van der Waals surface area (Å²) in [6, 6.07) is 0. The van der Waals surface area contributed by atoms with Crippen LogP contribution in [-0.2, 0) is 133 Å². The van der Waals surface area contributed by atoms with Crippen LogP contribution in [0.3, 0.4) is 0 Å². The van der Waals surface area contributed by atoms with Crippen LogP contribution in [-0.4, -0.2) is 396 Å². The lowest BCUT2D eigenvalue weighted by molar-refractivity contribution is -0.400. The minimum absolute atomic E-state index is 0.227. The first-order chi connectivity index (χ1) is 43.9. The summed E-state index contributed by atoms with van der Waals surface area (Å²) in [5.41, 5.74) is 0. The molecule has 0 amide bonds. The van der Waals surface area contributed by atoms with E-state index in [1.165, 1.54) is 99.5 Å². The molecule has 0 aromatic heterocycles. The van der Waals surface area contributed by atoms with E-state index in [0.717, 1.165) is 0 Å².